The van der Waals surface area contributed by atoms with Gasteiger partial charge in [-0.15, -0.1) is 12.3 Å². The number of hydrogen-bond acceptors (Lipinski definition) is 1. The first-order valence-electron chi connectivity index (χ1n) is 4.85. The van der Waals surface area contributed by atoms with E-state index in [2.05, 4.69) is 39.8 Å². The lowest BCUT2D eigenvalue weighted by Crippen LogP contribution is -2.49. The largest absolute Gasteiger partial charge is 0.396 e. The Morgan fingerprint density at radius 3 is 2.15 bits per heavy atom. The Hall–Kier alpha value is -0.263. The molecule has 0 bridgehead atoms. The van der Waals surface area contributed by atoms with Crippen LogP contribution in [0.5, 0.6) is 0 Å². The van der Waals surface area contributed by atoms with Crippen LogP contribution in [0, 0.1) is 12.3 Å². The molecule has 1 nitrogen and oxygen atoms in total. The van der Waals surface area contributed by atoms with Gasteiger partial charge in [0.25, 0.3) is 0 Å². The van der Waals surface area contributed by atoms with Gasteiger partial charge in [-0.2, -0.15) is 0 Å². The van der Waals surface area contributed by atoms with E-state index in [-0.39, 0.29) is 10.8 Å². The molecule has 0 aromatic carbocycles. The molecule has 0 aromatic rings. The van der Waals surface area contributed by atoms with Crippen molar-refractivity contribution in [3.8, 4) is 12.3 Å². The normalized spacial score (nSPS) is 15.2. The van der Waals surface area contributed by atoms with E-state index in [0.717, 1.165) is 6.42 Å². The third-order valence-corrected chi connectivity index (χ3v) is 9.15. The minimum absolute atomic E-state index is 0.177. The zero-order valence-corrected chi connectivity index (χ0v) is 10.5. The van der Waals surface area contributed by atoms with Crippen LogP contribution < -0.4 is 0 Å². The minimum Gasteiger partial charge on any atom is -0.396 e. The van der Waals surface area contributed by atoms with Crippen LogP contribution in [0.2, 0.25) is 18.1 Å². The number of aliphatic hydroxyl groups excluding tert-OH is 1. The summed E-state index contributed by atoms with van der Waals surface area (Å²) >= 11 is 0. The predicted molar refractivity (Wildman–Crippen MR) is 61.3 cm³/mol. The number of terminal acetylenes is 1. The summed E-state index contributed by atoms with van der Waals surface area (Å²) in [4.78, 5) is 0. The number of hydrogen-bond donors (Lipinski definition) is 1. The molecular formula is C11H22OSi. The second-order valence-corrected chi connectivity index (χ2v) is 10.8. The summed E-state index contributed by atoms with van der Waals surface area (Å²) in [7, 11) is -1.59. The molecule has 0 amide bonds. The summed E-state index contributed by atoms with van der Waals surface area (Å²) in [5.41, 5.74) is -0.177. The van der Waals surface area contributed by atoms with Gasteiger partial charge in [0.15, 0.2) is 0 Å². The highest BCUT2D eigenvalue weighted by Crippen LogP contribution is 2.38. The van der Waals surface area contributed by atoms with Crippen LogP contribution in [0.1, 0.15) is 33.6 Å². The molecule has 0 aromatic heterocycles. The second-order valence-electron chi connectivity index (χ2n) is 5.23. The number of rotatable bonds is 3. The fourth-order valence-electron chi connectivity index (χ4n) is 1.08. The summed E-state index contributed by atoms with van der Waals surface area (Å²) in [5.74, 6) is 2.58. The van der Waals surface area contributed by atoms with E-state index >= 15 is 0 Å². The van der Waals surface area contributed by atoms with Crippen LogP contribution in [-0.4, -0.2) is 18.9 Å². The highest BCUT2D eigenvalue weighted by molar-refractivity contribution is 6.81. The van der Waals surface area contributed by atoms with Crippen molar-refractivity contribution in [1.82, 2.24) is 0 Å². The van der Waals surface area contributed by atoms with Crippen molar-refractivity contribution in [2.24, 2.45) is 0 Å². The van der Waals surface area contributed by atoms with Crippen molar-refractivity contribution in [1.29, 1.82) is 0 Å². The average Bonchev–Trinajstić information content (AvgIpc) is 1.97. The molecule has 0 aliphatic rings. The van der Waals surface area contributed by atoms with Crippen LogP contribution in [0.4, 0.5) is 0 Å². The molecule has 1 N–H and O–H groups in total. The quantitative estimate of drug-likeness (QED) is 0.546. The maximum absolute atomic E-state index is 10.0. The van der Waals surface area contributed by atoms with Crippen LogP contribution in [0.15, 0.2) is 0 Å². The maximum Gasteiger partial charge on any atom is 0.0865 e. The van der Waals surface area contributed by atoms with Crippen LogP contribution >= 0.6 is 0 Å². The van der Waals surface area contributed by atoms with Gasteiger partial charge in [-0.05, 0) is 11.5 Å². The average molecular weight is 198 g/mol. The molecular weight excluding hydrogens is 176 g/mol. The van der Waals surface area contributed by atoms with E-state index in [1.165, 1.54) is 0 Å². The fraction of sp³-hybridized carbons (Fsp3) is 0.818. The molecule has 0 spiro atoms. The summed E-state index contributed by atoms with van der Waals surface area (Å²) in [6.07, 6.45) is 6.63. The Morgan fingerprint density at radius 1 is 1.38 bits per heavy atom. The fourth-order valence-corrected chi connectivity index (χ4v) is 2.95. The maximum atomic E-state index is 10.0. The molecule has 0 rings (SSSR count). The smallest absolute Gasteiger partial charge is 0.0865 e. The number of aliphatic hydroxyl groups is 1. The summed E-state index contributed by atoms with van der Waals surface area (Å²) in [6, 6.07) is 0. The molecule has 0 fully saturated rings. The Balaban J connectivity index is 4.38. The zero-order chi connectivity index (χ0) is 10.7. The van der Waals surface area contributed by atoms with Gasteiger partial charge < -0.3 is 5.11 Å². The van der Waals surface area contributed by atoms with Gasteiger partial charge in [-0.1, -0.05) is 33.9 Å². The Labute approximate surface area is 83.6 Å². The van der Waals surface area contributed by atoms with Gasteiger partial charge in [0, 0.05) is 12.1 Å². The molecule has 2 heteroatoms. The first kappa shape index (κ1) is 12.7. The van der Waals surface area contributed by atoms with Crippen LogP contribution in [0.3, 0.4) is 0 Å². The van der Waals surface area contributed by atoms with Gasteiger partial charge in [0.2, 0.25) is 0 Å². The van der Waals surface area contributed by atoms with Gasteiger partial charge in [-0.3, -0.25) is 0 Å². The molecule has 1 atom stereocenters. The molecule has 0 radical (unpaired) electrons. The van der Waals surface area contributed by atoms with E-state index < -0.39 is 8.07 Å². The first-order valence-corrected chi connectivity index (χ1v) is 7.92. The van der Waals surface area contributed by atoms with Crippen molar-refractivity contribution in [2.75, 3.05) is 0 Å². The Morgan fingerprint density at radius 2 is 1.85 bits per heavy atom. The standard InChI is InChI=1S/C11H22OSi/c1-7-8-9-10(12)13(5,6)11(2,3)4/h1,10,12H,8-9H2,2-6H3. The van der Waals surface area contributed by atoms with Gasteiger partial charge in [0.05, 0.1) is 8.07 Å². The summed E-state index contributed by atoms with van der Waals surface area (Å²) < 4.78 is 0. The third kappa shape index (κ3) is 3.17. The van der Waals surface area contributed by atoms with Crippen molar-refractivity contribution in [3.63, 3.8) is 0 Å². The van der Waals surface area contributed by atoms with Crippen molar-refractivity contribution in [2.45, 2.75) is 57.5 Å². The lowest BCUT2D eigenvalue weighted by atomic mass is 10.2. The summed E-state index contributed by atoms with van der Waals surface area (Å²) in [6.45, 7) is 11.1. The summed E-state index contributed by atoms with van der Waals surface area (Å²) in [5, 5.41) is 10.2. The van der Waals surface area contributed by atoms with Crippen molar-refractivity contribution >= 4 is 8.07 Å². The molecule has 0 aliphatic heterocycles. The monoisotopic (exact) mass is 198 g/mol. The molecule has 0 aliphatic carbocycles. The van der Waals surface area contributed by atoms with Gasteiger partial charge in [0.1, 0.15) is 0 Å². The van der Waals surface area contributed by atoms with Crippen LogP contribution in [0.25, 0.3) is 0 Å². The predicted octanol–water partition coefficient (Wildman–Crippen LogP) is 2.81. The van der Waals surface area contributed by atoms with Gasteiger partial charge >= 0.3 is 0 Å². The molecule has 0 saturated heterocycles. The van der Waals surface area contributed by atoms with E-state index in [9.17, 15) is 5.11 Å². The first-order chi connectivity index (χ1) is 5.73. The topological polar surface area (TPSA) is 20.2 Å². The minimum atomic E-state index is -1.59. The van der Waals surface area contributed by atoms with Crippen molar-refractivity contribution in [3.05, 3.63) is 0 Å². The SMILES string of the molecule is C#CCCC(O)[Si](C)(C)C(C)(C)C. The highest BCUT2D eigenvalue weighted by atomic mass is 28.3. The third-order valence-electron chi connectivity index (χ3n) is 3.33. The van der Waals surface area contributed by atoms with Crippen LogP contribution in [-0.2, 0) is 0 Å². The van der Waals surface area contributed by atoms with E-state index in [1.54, 1.807) is 0 Å². The van der Waals surface area contributed by atoms with E-state index in [1.807, 2.05) is 0 Å². The lowest BCUT2D eigenvalue weighted by Gasteiger charge is -2.40. The van der Waals surface area contributed by atoms with E-state index in [4.69, 9.17) is 6.42 Å². The zero-order valence-electron chi connectivity index (χ0n) is 9.52. The lowest BCUT2D eigenvalue weighted by molar-refractivity contribution is 0.229. The molecule has 13 heavy (non-hydrogen) atoms. The Bertz CT molecular complexity index is 195. The van der Waals surface area contributed by atoms with Gasteiger partial charge in [-0.25, -0.2) is 0 Å². The highest BCUT2D eigenvalue weighted by Gasteiger charge is 2.40. The molecule has 0 heterocycles. The molecule has 1 unspecified atom stereocenters. The molecule has 76 valence electrons. The second kappa shape index (κ2) is 4.30. The molecule has 0 saturated carbocycles. The Kier molecular flexibility index (Phi) is 4.21. The van der Waals surface area contributed by atoms with E-state index in [0.29, 0.717) is 6.42 Å². The van der Waals surface area contributed by atoms with Crippen molar-refractivity contribution < 1.29 is 5.11 Å².